The van der Waals surface area contributed by atoms with Crippen LogP contribution in [0.4, 0.5) is 0 Å². The van der Waals surface area contributed by atoms with Gasteiger partial charge in [-0.1, -0.05) is 6.92 Å². The lowest BCUT2D eigenvalue weighted by Gasteiger charge is -2.02. The van der Waals surface area contributed by atoms with Gasteiger partial charge in [-0.25, -0.2) is 9.59 Å². The lowest BCUT2D eigenvalue weighted by molar-refractivity contribution is 0.0651. The van der Waals surface area contributed by atoms with E-state index in [2.05, 4.69) is 4.98 Å². The predicted octanol–water partition coefficient (Wildman–Crippen LogP) is 1.04. The Morgan fingerprint density at radius 1 is 1.29 bits per heavy atom. The number of hydrogen-bond acceptors (Lipinski definition) is 3. The van der Waals surface area contributed by atoms with Crippen LogP contribution >= 0.6 is 0 Å². The van der Waals surface area contributed by atoms with E-state index < -0.39 is 11.9 Å². The highest BCUT2D eigenvalue weighted by molar-refractivity contribution is 6.01. The smallest absolute Gasteiger partial charge is 0.338 e. The molecule has 0 aliphatic heterocycles. The van der Waals surface area contributed by atoms with E-state index >= 15 is 0 Å². The number of aromatic nitrogens is 1. The third-order valence-corrected chi connectivity index (χ3v) is 1.78. The maximum absolute atomic E-state index is 10.7. The highest BCUT2D eigenvalue weighted by Crippen LogP contribution is 2.10. The fourth-order valence-corrected chi connectivity index (χ4v) is 1.04. The van der Waals surface area contributed by atoms with Crippen molar-refractivity contribution in [2.24, 2.45) is 0 Å². The summed E-state index contributed by atoms with van der Waals surface area (Å²) in [5.41, 5.74) is 0.0615. The molecule has 0 fully saturated rings. The molecule has 0 amide bonds. The van der Waals surface area contributed by atoms with Gasteiger partial charge in [-0.05, 0) is 12.5 Å². The largest absolute Gasteiger partial charge is 0.478 e. The minimum Gasteiger partial charge on any atom is -0.478 e. The topological polar surface area (TPSA) is 87.5 Å². The molecular formula is C9H9NO4. The van der Waals surface area contributed by atoms with Gasteiger partial charge >= 0.3 is 11.9 Å². The Labute approximate surface area is 80.0 Å². The van der Waals surface area contributed by atoms with E-state index in [-0.39, 0.29) is 11.1 Å². The van der Waals surface area contributed by atoms with Crippen molar-refractivity contribution in [1.82, 2.24) is 4.98 Å². The second-order valence-electron chi connectivity index (χ2n) is 2.69. The van der Waals surface area contributed by atoms with Crippen molar-refractivity contribution < 1.29 is 19.8 Å². The Balaban J connectivity index is 3.31. The second kappa shape index (κ2) is 3.87. The van der Waals surface area contributed by atoms with Crippen LogP contribution < -0.4 is 0 Å². The Kier molecular flexibility index (Phi) is 2.81. The van der Waals surface area contributed by atoms with E-state index in [1.54, 1.807) is 0 Å². The number of carboxylic acids is 2. The van der Waals surface area contributed by atoms with Crippen molar-refractivity contribution in [2.75, 3.05) is 0 Å². The van der Waals surface area contributed by atoms with Crippen LogP contribution in [0.5, 0.6) is 0 Å². The van der Waals surface area contributed by atoms with Gasteiger partial charge in [0, 0.05) is 11.9 Å². The zero-order valence-electron chi connectivity index (χ0n) is 7.52. The van der Waals surface area contributed by atoms with Gasteiger partial charge in [0.2, 0.25) is 0 Å². The summed E-state index contributed by atoms with van der Waals surface area (Å²) in [5, 5.41) is 17.4. The third kappa shape index (κ3) is 1.87. The zero-order chi connectivity index (χ0) is 10.7. The first-order valence-corrected chi connectivity index (χ1v) is 4.01. The molecule has 5 heteroatoms. The van der Waals surface area contributed by atoms with Crippen molar-refractivity contribution in [3.05, 3.63) is 29.1 Å². The molecule has 5 nitrogen and oxygen atoms in total. The van der Waals surface area contributed by atoms with E-state index in [0.717, 1.165) is 6.20 Å². The van der Waals surface area contributed by atoms with Crippen molar-refractivity contribution in [2.45, 2.75) is 13.3 Å². The number of aryl methyl sites for hydroxylation is 1. The molecule has 1 aromatic heterocycles. The minimum absolute atomic E-state index is 0.218. The molecule has 0 bridgehead atoms. The van der Waals surface area contributed by atoms with Crippen molar-refractivity contribution >= 4 is 11.9 Å². The predicted molar refractivity (Wildman–Crippen MR) is 47.5 cm³/mol. The van der Waals surface area contributed by atoms with Crippen LogP contribution in [0.15, 0.2) is 12.3 Å². The van der Waals surface area contributed by atoms with Crippen LogP contribution in [0.3, 0.4) is 0 Å². The number of carbonyl (C=O) groups is 2. The molecule has 0 aliphatic carbocycles. The minimum atomic E-state index is -1.28. The Bertz CT molecular complexity index is 386. The summed E-state index contributed by atoms with van der Waals surface area (Å²) in [5.74, 6) is -2.53. The van der Waals surface area contributed by atoms with E-state index in [0.29, 0.717) is 12.1 Å². The molecule has 0 atom stereocenters. The van der Waals surface area contributed by atoms with Crippen LogP contribution in [-0.4, -0.2) is 27.1 Å². The molecule has 1 rings (SSSR count). The van der Waals surface area contributed by atoms with Crippen LogP contribution in [0, 0.1) is 0 Å². The van der Waals surface area contributed by atoms with Gasteiger partial charge in [-0.2, -0.15) is 0 Å². The highest BCUT2D eigenvalue weighted by atomic mass is 16.4. The molecule has 0 aliphatic rings. The van der Waals surface area contributed by atoms with Crippen LogP contribution in [-0.2, 0) is 6.42 Å². The second-order valence-corrected chi connectivity index (χ2v) is 2.69. The number of carboxylic acid groups (broad SMARTS) is 2. The fourth-order valence-electron chi connectivity index (χ4n) is 1.04. The molecule has 0 aromatic carbocycles. The average molecular weight is 195 g/mol. The summed E-state index contributed by atoms with van der Waals surface area (Å²) < 4.78 is 0. The average Bonchev–Trinajstić information content (AvgIpc) is 2.16. The van der Waals surface area contributed by atoms with E-state index in [1.165, 1.54) is 6.07 Å². The van der Waals surface area contributed by atoms with Gasteiger partial charge < -0.3 is 10.2 Å². The maximum Gasteiger partial charge on any atom is 0.338 e. The molecule has 14 heavy (non-hydrogen) atoms. The summed E-state index contributed by atoms with van der Waals surface area (Å²) in [4.78, 5) is 25.1. The first-order valence-electron chi connectivity index (χ1n) is 4.01. The van der Waals surface area contributed by atoms with E-state index in [4.69, 9.17) is 10.2 Å². The van der Waals surface area contributed by atoms with Crippen LogP contribution in [0.25, 0.3) is 0 Å². The van der Waals surface area contributed by atoms with E-state index in [9.17, 15) is 9.59 Å². The summed E-state index contributed by atoms with van der Waals surface area (Å²) in [7, 11) is 0. The summed E-state index contributed by atoms with van der Waals surface area (Å²) in [6.45, 7) is 1.81. The molecule has 0 unspecified atom stereocenters. The number of rotatable bonds is 3. The first-order chi connectivity index (χ1) is 6.56. The van der Waals surface area contributed by atoms with Crippen molar-refractivity contribution in [1.29, 1.82) is 0 Å². The molecule has 1 heterocycles. The molecule has 0 radical (unpaired) electrons. The van der Waals surface area contributed by atoms with Gasteiger partial charge in [0.05, 0.1) is 11.1 Å². The molecule has 1 aromatic rings. The number of nitrogens with zero attached hydrogens (tertiary/aromatic N) is 1. The Morgan fingerprint density at radius 2 is 1.86 bits per heavy atom. The Hall–Kier alpha value is -1.91. The number of pyridine rings is 1. The normalized spacial score (nSPS) is 9.79. The SMILES string of the molecule is CCc1cc(C(=O)O)c(C(=O)O)cn1. The molecular weight excluding hydrogens is 186 g/mol. The first kappa shape index (κ1) is 10.2. The standard InChI is InChI=1S/C9H9NO4/c1-2-5-3-6(8(11)12)7(4-10-5)9(13)14/h3-4H,2H2,1H3,(H,11,12)(H,13,14). The van der Waals surface area contributed by atoms with Gasteiger partial charge in [-0.15, -0.1) is 0 Å². The van der Waals surface area contributed by atoms with Crippen LogP contribution in [0.2, 0.25) is 0 Å². The van der Waals surface area contributed by atoms with Crippen LogP contribution in [0.1, 0.15) is 33.3 Å². The fraction of sp³-hybridized carbons (Fsp3) is 0.222. The quantitative estimate of drug-likeness (QED) is 0.752. The van der Waals surface area contributed by atoms with Crippen molar-refractivity contribution in [3.8, 4) is 0 Å². The number of hydrogen-bond donors (Lipinski definition) is 2. The van der Waals surface area contributed by atoms with Crippen molar-refractivity contribution in [3.63, 3.8) is 0 Å². The third-order valence-electron chi connectivity index (χ3n) is 1.78. The highest BCUT2D eigenvalue weighted by Gasteiger charge is 2.16. The summed E-state index contributed by atoms with van der Waals surface area (Å²) >= 11 is 0. The number of aromatic carboxylic acids is 2. The maximum atomic E-state index is 10.7. The van der Waals surface area contributed by atoms with Gasteiger partial charge in [-0.3, -0.25) is 4.98 Å². The van der Waals surface area contributed by atoms with Gasteiger partial charge in [0.15, 0.2) is 0 Å². The lowest BCUT2D eigenvalue weighted by Crippen LogP contribution is -2.09. The molecule has 2 N–H and O–H groups in total. The molecule has 74 valence electrons. The molecule has 0 saturated carbocycles. The Morgan fingerprint density at radius 3 is 2.29 bits per heavy atom. The monoisotopic (exact) mass is 195 g/mol. The lowest BCUT2D eigenvalue weighted by atomic mass is 10.1. The molecule has 0 saturated heterocycles. The molecule has 0 spiro atoms. The summed E-state index contributed by atoms with van der Waals surface area (Å²) in [6, 6.07) is 1.28. The van der Waals surface area contributed by atoms with E-state index in [1.807, 2.05) is 6.92 Å². The zero-order valence-corrected chi connectivity index (χ0v) is 7.52. The summed E-state index contributed by atoms with van der Waals surface area (Å²) in [6.07, 6.45) is 1.64. The van der Waals surface area contributed by atoms with Gasteiger partial charge in [0.25, 0.3) is 0 Å². The van der Waals surface area contributed by atoms with Gasteiger partial charge in [0.1, 0.15) is 0 Å².